The Morgan fingerprint density at radius 3 is 2.15 bits per heavy atom. The average molecular weight is 419 g/mol. The number of carbonyl (C=O) groups excluding carboxylic acids is 1. The first-order valence-corrected chi connectivity index (χ1v) is 12.0. The van der Waals surface area contributed by atoms with Gasteiger partial charge in [-0.1, -0.05) is 0 Å². The quantitative estimate of drug-likeness (QED) is 0.668. The van der Waals surface area contributed by atoms with Gasteiger partial charge in [-0.15, -0.1) is 23.5 Å². The Labute approximate surface area is 169 Å². The number of halogens is 1. The molecule has 1 heterocycles. The number of aliphatic hydroxyl groups is 2. The first-order valence-electron chi connectivity index (χ1n) is 10.0. The standard InChI is InChI=1S/C20H31FO4S2/c1-17(2,21)10-25-16(24)19-5-13-3-14(6-19)20(15(4-13)7-19)26-11-18(8-22,9-23)12-27-20/h13-15,22-23H,3-12H2,1-2H3. The Hall–Kier alpha value is 0.0200. The Kier molecular flexibility index (Phi) is 5.10. The predicted octanol–water partition coefficient (Wildman–Crippen LogP) is 3.25. The number of thioether (sulfide) groups is 2. The minimum Gasteiger partial charge on any atom is -0.462 e. The number of hydrogen-bond donors (Lipinski definition) is 2. The Bertz CT molecular complexity index is 573. The summed E-state index contributed by atoms with van der Waals surface area (Å²) in [6.45, 7) is 2.76. The van der Waals surface area contributed by atoms with Gasteiger partial charge in [-0.25, -0.2) is 4.39 Å². The number of carbonyl (C=O) groups is 1. The van der Waals surface area contributed by atoms with Crippen LogP contribution >= 0.6 is 23.5 Å². The minimum absolute atomic E-state index is 0.0207. The number of esters is 1. The first kappa shape index (κ1) is 20.3. The van der Waals surface area contributed by atoms with Gasteiger partial charge in [0.1, 0.15) is 12.3 Å². The maximum atomic E-state index is 13.8. The van der Waals surface area contributed by atoms with E-state index in [1.165, 1.54) is 13.8 Å². The topological polar surface area (TPSA) is 66.8 Å². The van der Waals surface area contributed by atoms with Crippen molar-refractivity contribution in [1.82, 2.24) is 0 Å². The second-order valence-electron chi connectivity index (χ2n) is 10.0. The second-order valence-corrected chi connectivity index (χ2v) is 12.8. The third-order valence-corrected chi connectivity index (χ3v) is 11.6. The van der Waals surface area contributed by atoms with Gasteiger partial charge in [-0.3, -0.25) is 4.79 Å². The molecular formula is C20H31FO4S2. The fraction of sp³-hybridized carbons (Fsp3) is 0.950. The molecule has 2 atom stereocenters. The molecule has 0 aromatic rings. The van der Waals surface area contributed by atoms with Crippen LogP contribution in [-0.2, 0) is 9.53 Å². The maximum absolute atomic E-state index is 13.8. The number of hydrogen-bond acceptors (Lipinski definition) is 6. The van der Waals surface area contributed by atoms with Crippen LogP contribution in [0.15, 0.2) is 0 Å². The fourth-order valence-corrected chi connectivity index (χ4v) is 10.00. The Morgan fingerprint density at radius 1 is 1.11 bits per heavy atom. The van der Waals surface area contributed by atoms with E-state index in [1.807, 2.05) is 23.5 Å². The zero-order chi connectivity index (χ0) is 19.5. The summed E-state index contributed by atoms with van der Waals surface area (Å²) in [7, 11) is 0. The summed E-state index contributed by atoms with van der Waals surface area (Å²) in [5.41, 5.74) is -2.30. The smallest absolute Gasteiger partial charge is 0.312 e. The van der Waals surface area contributed by atoms with Crippen LogP contribution in [0.3, 0.4) is 0 Å². The molecule has 5 fully saturated rings. The van der Waals surface area contributed by atoms with E-state index in [1.54, 1.807) is 0 Å². The van der Waals surface area contributed by atoms with Crippen LogP contribution in [0, 0.1) is 28.6 Å². The molecular weight excluding hydrogens is 387 g/mol. The van der Waals surface area contributed by atoms with Gasteiger partial charge in [0.25, 0.3) is 0 Å². The van der Waals surface area contributed by atoms with Crippen LogP contribution in [0.25, 0.3) is 0 Å². The third-order valence-electron chi connectivity index (χ3n) is 7.19. The summed E-state index contributed by atoms with van der Waals surface area (Å²) in [5.74, 6) is 2.85. The molecule has 0 radical (unpaired) electrons. The third kappa shape index (κ3) is 3.34. The molecule has 4 nitrogen and oxygen atoms in total. The van der Waals surface area contributed by atoms with E-state index < -0.39 is 16.5 Å². The molecule has 4 aliphatic carbocycles. The van der Waals surface area contributed by atoms with E-state index in [4.69, 9.17) is 4.74 Å². The molecule has 0 aromatic carbocycles. The van der Waals surface area contributed by atoms with Gasteiger partial charge in [0.05, 0.1) is 22.7 Å². The maximum Gasteiger partial charge on any atom is 0.312 e. The summed E-state index contributed by atoms with van der Waals surface area (Å²) in [4.78, 5) is 12.9. The fourth-order valence-electron chi connectivity index (χ4n) is 5.89. The highest BCUT2D eigenvalue weighted by Crippen LogP contribution is 2.72. The van der Waals surface area contributed by atoms with Crippen LogP contribution in [0.5, 0.6) is 0 Å². The summed E-state index contributed by atoms with van der Waals surface area (Å²) in [5, 5.41) is 19.5. The van der Waals surface area contributed by atoms with E-state index >= 15 is 0 Å². The van der Waals surface area contributed by atoms with Crippen LogP contribution < -0.4 is 0 Å². The van der Waals surface area contributed by atoms with Gasteiger partial charge in [-0.05, 0) is 63.7 Å². The number of alkyl halides is 1. The van der Waals surface area contributed by atoms with Gasteiger partial charge < -0.3 is 14.9 Å². The van der Waals surface area contributed by atoms with Crippen molar-refractivity contribution in [2.24, 2.45) is 28.6 Å². The van der Waals surface area contributed by atoms with Gasteiger partial charge >= 0.3 is 5.97 Å². The summed E-state index contributed by atoms with van der Waals surface area (Å²) >= 11 is 3.83. The first-order chi connectivity index (χ1) is 12.7. The lowest BCUT2D eigenvalue weighted by molar-refractivity contribution is -0.175. The van der Waals surface area contributed by atoms with Crippen LogP contribution in [0.4, 0.5) is 4.39 Å². The number of rotatable bonds is 5. The normalized spacial score (nSPS) is 38.9. The minimum atomic E-state index is -1.49. The molecule has 1 aliphatic heterocycles. The Morgan fingerprint density at radius 2 is 1.67 bits per heavy atom. The van der Waals surface area contributed by atoms with Crippen molar-refractivity contribution >= 4 is 29.5 Å². The van der Waals surface area contributed by atoms with E-state index in [0.29, 0.717) is 17.8 Å². The molecule has 1 spiro atoms. The molecule has 2 unspecified atom stereocenters. The number of ether oxygens (including phenoxy) is 1. The monoisotopic (exact) mass is 418 g/mol. The summed E-state index contributed by atoms with van der Waals surface area (Å²) < 4.78 is 19.4. The highest BCUT2D eigenvalue weighted by molar-refractivity contribution is 8.18. The number of aliphatic hydroxyl groups excluding tert-OH is 2. The average Bonchev–Trinajstić information content (AvgIpc) is 2.63. The molecule has 1 saturated heterocycles. The van der Waals surface area contributed by atoms with Crippen LogP contribution in [0.2, 0.25) is 0 Å². The largest absolute Gasteiger partial charge is 0.462 e. The van der Waals surface area contributed by atoms with Gasteiger partial charge in [-0.2, -0.15) is 0 Å². The lowest BCUT2D eigenvalue weighted by Crippen LogP contribution is -2.62. The predicted molar refractivity (Wildman–Crippen MR) is 106 cm³/mol. The van der Waals surface area contributed by atoms with E-state index in [2.05, 4.69) is 0 Å². The lowest BCUT2D eigenvalue weighted by Gasteiger charge is -2.65. The van der Waals surface area contributed by atoms with Crippen molar-refractivity contribution in [3.63, 3.8) is 0 Å². The van der Waals surface area contributed by atoms with Gasteiger partial charge in [0.2, 0.25) is 0 Å². The molecule has 27 heavy (non-hydrogen) atoms. The Balaban J connectivity index is 1.51. The van der Waals surface area contributed by atoms with E-state index in [-0.39, 0.29) is 29.9 Å². The van der Waals surface area contributed by atoms with Crippen LogP contribution in [-0.4, -0.2) is 57.3 Å². The SMILES string of the molecule is CC(C)(F)COC(=O)C12CC3CC(C1)C1(SCC(CO)(CO)CS1)C(C3)C2. The molecule has 7 heteroatoms. The van der Waals surface area contributed by atoms with Crippen molar-refractivity contribution in [2.75, 3.05) is 31.3 Å². The molecule has 2 N–H and O–H groups in total. The van der Waals surface area contributed by atoms with Crippen molar-refractivity contribution < 1.29 is 24.1 Å². The van der Waals surface area contributed by atoms with Crippen molar-refractivity contribution in [1.29, 1.82) is 0 Å². The van der Waals surface area contributed by atoms with Crippen molar-refractivity contribution in [2.45, 2.75) is 55.7 Å². The molecule has 0 amide bonds. The van der Waals surface area contributed by atoms with E-state index in [0.717, 1.165) is 43.6 Å². The lowest BCUT2D eigenvalue weighted by atomic mass is 9.49. The van der Waals surface area contributed by atoms with Gasteiger partial charge in [0, 0.05) is 16.9 Å². The molecule has 5 rings (SSSR count). The summed E-state index contributed by atoms with van der Waals surface area (Å²) in [6, 6.07) is 0. The molecule has 4 bridgehead atoms. The molecule has 0 aromatic heterocycles. The second kappa shape index (κ2) is 6.78. The van der Waals surface area contributed by atoms with Gasteiger partial charge in [0.15, 0.2) is 0 Å². The highest BCUT2D eigenvalue weighted by atomic mass is 32.2. The van der Waals surface area contributed by atoms with Crippen molar-refractivity contribution in [3.05, 3.63) is 0 Å². The van der Waals surface area contributed by atoms with Crippen molar-refractivity contribution in [3.8, 4) is 0 Å². The molecule has 154 valence electrons. The zero-order valence-electron chi connectivity index (χ0n) is 16.2. The summed E-state index contributed by atoms with van der Waals surface area (Å²) in [6.07, 6.45) is 4.90. The van der Waals surface area contributed by atoms with Crippen LogP contribution in [0.1, 0.15) is 46.0 Å². The molecule has 5 aliphatic rings. The molecule has 4 saturated carbocycles. The van der Waals surface area contributed by atoms with E-state index in [9.17, 15) is 19.4 Å². The zero-order valence-corrected chi connectivity index (χ0v) is 17.8. The highest BCUT2D eigenvalue weighted by Gasteiger charge is 2.66.